The van der Waals surface area contributed by atoms with Gasteiger partial charge in [-0.3, -0.25) is 4.79 Å². The quantitative estimate of drug-likeness (QED) is 0.526. The molecule has 0 unspecified atom stereocenters. The Hall–Kier alpha value is -2.55. The molecule has 3 N–H and O–H groups in total. The lowest BCUT2D eigenvalue weighted by molar-refractivity contribution is 0.191. The van der Waals surface area contributed by atoms with Crippen LogP contribution in [0.5, 0.6) is 5.75 Å². The lowest BCUT2D eigenvalue weighted by Crippen LogP contribution is -2.43. The molecular formula is C22H25FN4O2S. The summed E-state index contributed by atoms with van der Waals surface area (Å²) in [6.45, 7) is 3.86. The van der Waals surface area contributed by atoms with Crippen molar-refractivity contribution in [3.63, 3.8) is 0 Å². The summed E-state index contributed by atoms with van der Waals surface area (Å²) in [6, 6.07) is 10.0. The third kappa shape index (κ3) is 4.77. The van der Waals surface area contributed by atoms with Gasteiger partial charge in [0.2, 0.25) is 0 Å². The van der Waals surface area contributed by atoms with E-state index in [9.17, 15) is 14.3 Å². The Labute approximate surface area is 179 Å². The second kappa shape index (κ2) is 9.07. The van der Waals surface area contributed by atoms with E-state index in [1.165, 1.54) is 18.3 Å². The molecule has 158 valence electrons. The Bertz CT molecular complexity index is 1150. The van der Waals surface area contributed by atoms with Gasteiger partial charge in [-0.05, 0) is 61.6 Å². The van der Waals surface area contributed by atoms with Gasteiger partial charge in [0, 0.05) is 43.6 Å². The predicted molar refractivity (Wildman–Crippen MR) is 118 cm³/mol. The Kier molecular flexibility index (Phi) is 6.26. The van der Waals surface area contributed by atoms with Crippen molar-refractivity contribution >= 4 is 23.1 Å². The van der Waals surface area contributed by atoms with Gasteiger partial charge in [0.05, 0.1) is 10.0 Å². The Morgan fingerprint density at radius 3 is 2.70 bits per heavy atom. The lowest BCUT2D eigenvalue weighted by atomic mass is 10.0. The maximum Gasteiger partial charge on any atom is 0.251 e. The molecule has 3 aromatic rings. The number of likely N-dealkylation sites (tertiary alicyclic amines) is 1. The molecule has 2 aromatic heterocycles. The first-order valence-electron chi connectivity index (χ1n) is 10.1. The van der Waals surface area contributed by atoms with Gasteiger partial charge in [-0.15, -0.1) is 0 Å². The molecule has 3 heterocycles. The van der Waals surface area contributed by atoms with E-state index in [1.54, 1.807) is 28.8 Å². The summed E-state index contributed by atoms with van der Waals surface area (Å²) in [5.74, 6) is -0.238. The molecule has 1 aliphatic heterocycles. The molecule has 30 heavy (non-hydrogen) atoms. The molecule has 4 rings (SSSR count). The third-order valence-corrected chi connectivity index (χ3v) is 6.04. The monoisotopic (exact) mass is 428 g/mol. The van der Waals surface area contributed by atoms with Gasteiger partial charge in [0.25, 0.3) is 5.56 Å². The zero-order chi connectivity index (χ0) is 21.1. The van der Waals surface area contributed by atoms with Gasteiger partial charge in [-0.25, -0.2) is 4.39 Å². The molecule has 1 aliphatic rings. The molecule has 0 bridgehead atoms. The van der Waals surface area contributed by atoms with Crippen LogP contribution in [0, 0.1) is 10.3 Å². The van der Waals surface area contributed by atoms with Crippen molar-refractivity contribution in [2.75, 3.05) is 19.6 Å². The molecule has 1 aromatic carbocycles. The predicted octanol–water partition coefficient (Wildman–Crippen LogP) is 3.16. The molecule has 0 saturated carbocycles. The van der Waals surface area contributed by atoms with Crippen LogP contribution < -0.4 is 10.9 Å². The fourth-order valence-electron chi connectivity index (χ4n) is 3.96. The van der Waals surface area contributed by atoms with Crippen molar-refractivity contribution in [1.82, 2.24) is 19.8 Å². The first kappa shape index (κ1) is 20.7. The second-order valence-electron chi connectivity index (χ2n) is 7.73. The van der Waals surface area contributed by atoms with Crippen molar-refractivity contribution in [1.29, 1.82) is 0 Å². The number of halogens is 1. The minimum absolute atomic E-state index is 0.0927. The van der Waals surface area contributed by atoms with Crippen LogP contribution in [0.4, 0.5) is 4.39 Å². The van der Waals surface area contributed by atoms with E-state index in [-0.39, 0.29) is 17.1 Å². The molecule has 0 amide bonds. The third-order valence-electron chi connectivity index (χ3n) is 5.72. The van der Waals surface area contributed by atoms with Crippen LogP contribution in [0.1, 0.15) is 18.5 Å². The average molecular weight is 429 g/mol. The van der Waals surface area contributed by atoms with Crippen molar-refractivity contribution in [2.24, 2.45) is 0 Å². The van der Waals surface area contributed by atoms with E-state index < -0.39 is 0 Å². The summed E-state index contributed by atoms with van der Waals surface area (Å²) < 4.78 is 15.8. The lowest BCUT2D eigenvalue weighted by Gasteiger charge is -2.32. The van der Waals surface area contributed by atoms with E-state index in [0.29, 0.717) is 29.2 Å². The molecule has 0 spiro atoms. The number of piperidine rings is 1. The highest BCUT2D eigenvalue weighted by atomic mass is 32.1. The summed E-state index contributed by atoms with van der Waals surface area (Å²) >= 11 is 5.09. The highest BCUT2D eigenvalue weighted by Crippen LogP contribution is 2.16. The molecule has 0 aliphatic carbocycles. The van der Waals surface area contributed by atoms with Crippen molar-refractivity contribution in [2.45, 2.75) is 32.0 Å². The van der Waals surface area contributed by atoms with Gasteiger partial charge < -0.3 is 24.9 Å². The number of H-pyrrole nitrogens is 1. The van der Waals surface area contributed by atoms with Crippen LogP contribution in [0.3, 0.4) is 0 Å². The summed E-state index contributed by atoms with van der Waals surface area (Å²) in [5, 5.41) is 13.9. The van der Waals surface area contributed by atoms with E-state index in [0.717, 1.165) is 43.6 Å². The normalized spacial score (nSPS) is 15.6. The van der Waals surface area contributed by atoms with Crippen LogP contribution in [-0.2, 0) is 13.1 Å². The zero-order valence-corrected chi connectivity index (χ0v) is 17.4. The summed E-state index contributed by atoms with van der Waals surface area (Å²) in [5.41, 5.74) is 1.49. The molecule has 8 heteroatoms. The number of hydrogen-bond acceptors (Lipinski definition) is 5. The minimum atomic E-state index is -0.331. The van der Waals surface area contributed by atoms with Crippen LogP contribution in [0.2, 0.25) is 0 Å². The topological polar surface area (TPSA) is 73.3 Å². The molecule has 0 radical (unpaired) electrons. The summed E-state index contributed by atoms with van der Waals surface area (Å²) in [6.07, 6.45) is 3.54. The number of aromatic hydroxyl groups is 1. The number of rotatable bonds is 6. The number of hydrogen-bond donors (Lipinski definition) is 3. The van der Waals surface area contributed by atoms with Gasteiger partial charge in [-0.1, -0.05) is 12.2 Å². The molecular weight excluding hydrogens is 403 g/mol. The number of fused-ring (bicyclic) bond motifs is 1. The molecule has 1 fully saturated rings. The van der Waals surface area contributed by atoms with Crippen LogP contribution >= 0.6 is 12.2 Å². The number of aromatic amines is 1. The van der Waals surface area contributed by atoms with Gasteiger partial charge in [-0.2, -0.15) is 0 Å². The second-order valence-corrected chi connectivity index (χ2v) is 8.17. The van der Waals surface area contributed by atoms with Crippen molar-refractivity contribution in [3.05, 3.63) is 69.0 Å². The number of pyridine rings is 2. The molecule has 0 atom stereocenters. The number of nitrogens with one attached hydrogen (secondary N) is 2. The maximum atomic E-state index is 13.7. The number of nitrogens with zero attached hydrogens (tertiary/aromatic N) is 2. The van der Waals surface area contributed by atoms with Crippen molar-refractivity contribution in [3.8, 4) is 5.75 Å². The van der Waals surface area contributed by atoms with Gasteiger partial charge in [0.1, 0.15) is 11.6 Å². The largest absolute Gasteiger partial charge is 0.505 e. The Balaban J connectivity index is 1.30. The highest BCUT2D eigenvalue weighted by molar-refractivity contribution is 7.71. The minimum Gasteiger partial charge on any atom is -0.505 e. The van der Waals surface area contributed by atoms with Crippen molar-refractivity contribution < 1.29 is 9.50 Å². The Morgan fingerprint density at radius 1 is 1.17 bits per heavy atom. The smallest absolute Gasteiger partial charge is 0.251 e. The maximum absolute atomic E-state index is 13.7. The Morgan fingerprint density at radius 2 is 1.93 bits per heavy atom. The standard InChI is InChI=1S/C22H25FN4O2S/c23-16-3-1-15-2-4-22(29)27(19(15)11-16)10-9-26-7-5-17(6-8-26)24-13-18-12-21(30)20(28)14-25-18/h1-4,11-12,14,17,24,28H,5-10,13H2,(H,25,30). The van der Waals surface area contributed by atoms with E-state index in [4.69, 9.17) is 12.2 Å². The summed E-state index contributed by atoms with van der Waals surface area (Å²) in [4.78, 5) is 17.7. The summed E-state index contributed by atoms with van der Waals surface area (Å²) in [7, 11) is 0. The van der Waals surface area contributed by atoms with Gasteiger partial charge >= 0.3 is 0 Å². The highest BCUT2D eigenvalue weighted by Gasteiger charge is 2.19. The first-order chi connectivity index (χ1) is 14.5. The van der Waals surface area contributed by atoms with E-state index >= 15 is 0 Å². The SMILES string of the molecule is O=c1ccc2ccc(F)cc2n1CCN1CCC(NCc2cc(=S)c(O)c[nH]2)CC1. The first-order valence-corrected chi connectivity index (χ1v) is 10.6. The fourth-order valence-corrected chi connectivity index (χ4v) is 4.16. The number of benzene rings is 1. The molecule has 6 nitrogen and oxygen atoms in total. The fraction of sp³-hybridized carbons (Fsp3) is 0.364. The van der Waals surface area contributed by atoms with E-state index in [1.807, 2.05) is 0 Å². The molecule has 1 saturated heterocycles. The van der Waals surface area contributed by atoms with Crippen LogP contribution in [0.15, 0.2) is 47.4 Å². The van der Waals surface area contributed by atoms with Crippen LogP contribution in [-0.4, -0.2) is 45.2 Å². The van der Waals surface area contributed by atoms with Gasteiger partial charge in [0.15, 0.2) is 0 Å². The van der Waals surface area contributed by atoms with Crippen LogP contribution in [0.25, 0.3) is 10.9 Å². The van der Waals surface area contributed by atoms with E-state index in [2.05, 4.69) is 15.2 Å². The number of aromatic nitrogens is 2. The average Bonchev–Trinajstić information content (AvgIpc) is 2.74. The zero-order valence-electron chi connectivity index (χ0n) is 16.6.